The summed E-state index contributed by atoms with van der Waals surface area (Å²) >= 11 is 3.14. The number of carbonyl (C=O) groups excluding carboxylic acids is 1. The molecule has 1 amide bonds. The zero-order chi connectivity index (χ0) is 11.4. The van der Waals surface area contributed by atoms with Crippen LogP contribution in [0.1, 0.15) is 15.9 Å². The van der Waals surface area contributed by atoms with Crippen LogP contribution >= 0.6 is 15.9 Å². The van der Waals surface area contributed by atoms with Gasteiger partial charge in [-0.3, -0.25) is 4.79 Å². The number of nitrogens with one attached hydrogen (secondary N) is 1. The smallest absolute Gasteiger partial charge is 0.251 e. The first-order chi connectivity index (χ1) is 7.00. The standard InChI is InChI=1S/C11H11BrFNO/c1-7-5-9(13)3-4-10(7)11(15)14-6-8(2)12/h3-5H,2,6H2,1H3,(H,14,15). The third-order valence-electron chi connectivity index (χ3n) is 1.87. The van der Waals surface area contributed by atoms with Crippen molar-refractivity contribution in [3.8, 4) is 0 Å². The van der Waals surface area contributed by atoms with Crippen molar-refractivity contribution in [2.24, 2.45) is 0 Å². The Hall–Kier alpha value is -1.16. The molecule has 0 saturated carbocycles. The second-order valence-corrected chi connectivity index (χ2v) is 4.28. The molecule has 1 aromatic carbocycles. The molecule has 1 rings (SSSR count). The second kappa shape index (κ2) is 5.07. The molecule has 0 saturated heterocycles. The van der Waals surface area contributed by atoms with Crippen molar-refractivity contribution >= 4 is 21.8 Å². The van der Waals surface area contributed by atoms with E-state index in [9.17, 15) is 9.18 Å². The molecule has 15 heavy (non-hydrogen) atoms. The molecule has 0 aliphatic heterocycles. The Balaban J connectivity index is 2.78. The van der Waals surface area contributed by atoms with Crippen LogP contribution in [-0.2, 0) is 0 Å². The number of hydrogen-bond acceptors (Lipinski definition) is 1. The number of benzene rings is 1. The molecule has 0 aliphatic carbocycles. The van der Waals surface area contributed by atoms with E-state index in [-0.39, 0.29) is 11.7 Å². The Kier molecular flexibility index (Phi) is 4.03. The van der Waals surface area contributed by atoms with Gasteiger partial charge in [0.25, 0.3) is 5.91 Å². The van der Waals surface area contributed by atoms with Crippen molar-refractivity contribution < 1.29 is 9.18 Å². The largest absolute Gasteiger partial charge is 0.347 e. The van der Waals surface area contributed by atoms with Gasteiger partial charge in [0.2, 0.25) is 0 Å². The fourth-order valence-corrected chi connectivity index (χ4v) is 1.29. The van der Waals surface area contributed by atoms with Crippen molar-refractivity contribution in [3.05, 3.63) is 46.2 Å². The van der Waals surface area contributed by atoms with Crippen LogP contribution in [0.25, 0.3) is 0 Å². The lowest BCUT2D eigenvalue weighted by Gasteiger charge is -2.06. The average Bonchev–Trinajstić information content (AvgIpc) is 2.14. The van der Waals surface area contributed by atoms with E-state index in [4.69, 9.17) is 0 Å². The lowest BCUT2D eigenvalue weighted by Crippen LogP contribution is -2.25. The van der Waals surface area contributed by atoms with Crippen LogP contribution in [0.2, 0.25) is 0 Å². The van der Waals surface area contributed by atoms with E-state index >= 15 is 0 Å². The Morgan fingerprint density at radius 1 is 1.60 bits per heavy atom. The SMILES string of the molecule is C=C(Br)CNC(=O)c1ccc(F)cc1C. The number of aryl methyl sites for hydroxylation is 1. The average molecular weight is 272 g/mol. The maximum absolute atomic E-state index is 12.8. The monoisotopic (exact) mass is 271 g/mol. The third-order valence-corrected chi connectivity index (χ3v) is 2.15. The lowest BCUT2D eigenvalue weighted by molar-refractivity contribution is 0.0957. The van der Waals surface area contributed by atoms with E-state index < -0.39 is 0 Å². The fourth-order valence-electron chi connectivity index (χ4n) is 1.15. The van der Waals surface area contributed by atoms with Crippen molar-refractivity contribution in [1.82, 2.24) is 5.32 Å². The highest BCUT2D eigenvalue weighted by Crippen LogP contribution is 2.10. The molecule has 80 valence electrons. The van der Waals surface area contributed by atoms with Crippen LogP contribution in [0.4, 0.5) is 4.39 Å². The molecule has 0 atom stereocenters. The quantitative estimate of drug-likeness (QED) is 0.900. The summed E-state index contributed by atoms with van der Waals surface area (Å²) in [5.74, 6) is -0.568. The maximum Gasteiger partial charge on any atom is 0.251 e. The Morgan fingerprint density at radius 3 is 2.80 bits per heavy atom. The number of hydrogen-bond donors (Lipinski definition) is 1. The van der Waals surface area contributed by atoms with Gasteiger partial charge in [0.05, 0.1) is 0 Å². The highest BCUT2D eigenvalue weighted by molar-refractivity contribution is 9.11. The van der Waals surface area contributed by atoms with Gasteiger partial charge >= 0.3 is 0 Å². The number of carbonyl (C=O) groups is 1. The van der Waals surface area contributed by atoms with Crippen LogP contribution in [0.3, 0.4) is 0 Å². The molecule has 1 N–H and O–H groups in total. The summed E-state index contributed by atoms with van der Waals surface area (Å²) in [7, 11) is 0. The molecule has 0 heterocycles. The van der Waals surface area contributed by atoms with Gasteiger partial charge in [-0.1, -0.05) is 22.5 Å². The van der Waals surface area contributed by atoms with Crippen LogP contribution < -0.4 is 5.32 Å². The van der Waals surface area contributed by atoms with Crippen LogP contribution in [0, 0.1) is 12.7 Å². The van der Waals surface area contributed by atoms with Crippen molar-refractivity contribution in [2.45, 2.75) is 6.92 Å². The normalized spacial score (nSPS) is 9.80. The van der Waals surface area contributed by atoms with Gasteiger partial charge in [0.1, 0.15) is 5.82 Å². The second-order valence-electron chi connectivity index (χ2n) is 3.16. The summed E-state index contributed by atoms with van der Waals surface area (Å²) in [6, 6.07) is 4.07. The topological polar surface area (TPSA) is 29.1 Å². The van der Waals surface area contributed by atoms with Gasteiger partial charge in [0, 0.05) is 16.6 Å². The van der Waals surface area contributed by atoms with E-state index in [1.54, 1.807) is 6.92 Å². The Bertz CT molecular complexity index is 404. The predicted molar refractivity (Wildman–Crippen MR) is 61.5 cm³/mol. The van der Waals surface area contributed by atoms with Gasteiger partial charge in [-0.05, 0) is 30.7 Å². The third kappa shape index (κ3) is 3.47. The summed E-state index contributed by atoms with van der Waals surface area (Å²) in [4.78, 5) is 11.6. The van der Waals surface area contributed by atoms with Crippen LogP contribution in [0.15, 0.2) is 29.3 Å². The van der Waals surface area contributed by atoms with Crippen LogP contribution in [-0.4, -0.2) is 12.5 Å². The molecule has 0 aliphatic rings. The van der Waals surface area contributed by atoms with Gasteiger partial charge in [0.15, 0.2) is 0 Å². The minimum absolute atomic E-state index is 0.229. The van der Waals surface area contributed by atoms with Crippen molar-refractivity contribution in [1.29, 1.82) is 0 Å². The zero-order valence-corrected chi connectivity index (χ0v) is 9.90. The molecule has 4 heteroatoms. The fraction of sp³-hybridized carbons (Fsp3) is 0.182. The molecule has 1 aromatic rings. The molecule has 0 bridgehead atoms. The molecule has 0 spiro atoms. The highest BCUT2D eigenvalue weighted by atomic mass is 79.9. The van der Waals surface area contributed by atoms with Gasteiger partial charge in [-0.2, -0.15) is 0 Å². The van der Waals surface area contributed by atoms with E-state index in [1.807, 2.05) is 0 Å². The van der Waals surface area contributed by atoms with E-state index in [1.165, 1.54) is 18.2 Å². The molecule has 0 unspecified atom stereocenters. The molecule has 0 aromatic heterocycles. The lowest BCUT2D eigenvalue weighted by atomic mass is 10.1. The predicted octanol–water partition coefficient (Wildman–Crippen LogP) is 2.77. The highest BCUT2D eigenvalue weighted by Gasteiger charge is 2.08. The first kappa shape index (κ1) is 11.9. The Morgan fingerprint density at radius 2 is 2.27 bits per heavy atom. The molecule has 0 fully saturated rings. The first-order valence-electron chi connectivity index (χ1n) is 4.38. The summed E-state index contributed by atoms with van der Waals surface area (Å²) in [6.45, 7) is 5.65. The number of rotatable bonds is 3. The minimum atomic E-state index is -0.339. The Labute approximate surface area is 96.3 Å². The van der Waals surface area contributed by atoms with Gasteiger partial charge < -0.3 is 5.32 Å². The number of amides is 1. The first-order valence-corrected chi connectivity index (χ1v) is 5.17. The van der Waals surface area contributed by atoms with E-state index in [2.05, 4.69) is 27.8 Å². The molecule has 0 radical (unpaired) electrons. The maximum atomic E-state index is 12.8. The molecule has 2 nitrogen and oxygen atoms in total. The summed E-state index contributed by atoms with van der Waals surface area (Å²) < 4.78 is 13.5. The minimum Gasteiger partial charge on any atom is -0.347 e. The van der Waals surface area contributed by atoms with Crippen molar-refractivity contribution in [2.75, 3.05) is 6.54 Å². The molecular formula is C11H11BrFNO. The van der Waals surface area contributed by atoms with Crippen molar-refractivity contribution in [3.63, 3.8) is 0 Å². The summed E-state index contributed by atoms with van der Waals surface area (Å²) in [5, 5.41) is 2.65. The van der Waals surface area contributed by atoms with Gasteiger partial charge in [-0.15, -0.1) is 0 Å². The van der Waals surface area contributed by atoms with E-state index in [0.29, 0.717) is 22.2 Å². The molecular weight excluding hydrogens is 261 g/mol. The zero-order valence-electron chi connectivity index (χ0n) is 8.31. The summed E-state index contributed by atoms with van der Waals surface area (Å²) in [5.41, 5.74) is 1.10. The van der Waals surface area contributed by atoms with E-state index in [0.717, 1.165) is 0 Å². The van der Waals surface area contributed by atoms with Gasteiger partial charge in [-0.25, -0.2) is 4.39 Å². The summed E-state index contributed by atoms with van der Waals surface area (Å²) in [6.07, 6.45) is 0. The number of halogens is 2. The van der Waals surface area contributed by atoms with Crippen LogP contribution in [0.5, 0.6) is 0 Å².